The van der Waals surface area contributed by atoms with Crippen molar-refractivity contribution >= 4 is 46.1 Å². The van der Waals surface area contributed by atoms with E-state index in [4.69, 9.17) is 43.1 Å². The largest absolute Gasteiger partial charge is 0.484 e. The van der Waals surface area contributed by atoms with E-state index in [1.807, 2.05) is 11.5 Å². The first-order valence-electron chi connectivity index (χ1n) is 13.8. The predicted octanol–water partition coefficient (Wildman–Crippen LogP) is 4.58. The number of fused-ring (bicyclic) bond motifs is 1. The van der Waals surface area contributed by atoms with Crippen LogP contribution in [-0.2, 0) is 19.7 Å². The third-order valence-corrected chi connectivity index (χ3v) is 7.70. The standard InChI is InChI=1S/C30H32Cl2N6O5/c1-2-34-21(15-33)16-38-25-13-19(30(40)41)3-6-24(25)35-28(38)17-36-9-11-37(12-10-36)29(39)27-8-5-22(43-27)18-42-26-7-4-20(31)14-23(26)32/h3-8,13-15,34H,2,9-12,16-18,33H2,1H3,(H,40,41)/b21-15-. The van der Waals surface area contributed by atoms with E-state index in [1.54, 1.807) is 53.4 Å². The van der Waals surface area contributed by atoms with Gasteiger partial charge in [0.25, 0.3) is 5.91 Å². The Hall–Kier alpha value is -4.19. The summed E-state index contributed by atoms with van der Waals surface area (Å²) < 4.78 is 13.5. The summed E-state index contributed by atoms with van der Waals surface area (Å²) in [7, 11) is 0. The van der Waals surface area contributed by atoms with E-state index < -0.39 is 5.97 Å². The summed E-state index contributed by atoms with van der Waals surface area (Å²) >= 11 is 12.1. The molecule has 1 aliphatic heterocycles. The number of likely N-dealkylation sites (N-methyl/N-ethyl adjacent to an activating group) is 1. The number of aromatic nitrogens is 2. The molecule has 1 fully saturated rings. The van der Waals surface area contributed by atoms with E-state index in [-0.39, 0.29) is 23.8 Å². The summed E-state index contributed by atoms with van der Waals surface area (Å²) in [6.45, 7) is 6.04. The lowest BCUT2D eigenvalue weighted by Crippen LogP contribution is -2.48. The number of hydrogen-bond acceptors (Lipinski definition) is 8. The SMILES string of the molecule is CCN/C(=C\N)Cn1c(CN2CCN(C(=O)c3ccc(COc4ccc(Cl)cc4Cl)o3)CC2)nc2ccc(C(=O)O)cc21. The van der Waals surface area contributed by atoms with Gasteiger partial charge in [-0.15, -0.1) is 0 Å². The number of benzene rings is 2. The van der Waals surface area contributed by atoms with E-state index in [2.05, 4.69) is 10.2 Å². The number of aromatic carboxylic acids is 1. The lowest BCUT2D eigenvalue weighted by molar-refractivity contribution is 0.0589. The molecule has 226 valence electrons. The monoisotopic (exact) mass is 626 g/mol. The first kappa shape index (κ1) is 30.3. The highest BCUT2D eigenvalue weighted by molar-refractivity contribution is 6.35. The van der Waals surface area contributed by atoms with Crippen molar-refractivity contribution < 1.29 is 23.8 Å². The average molecular weight is 628 g/mol. The van der Waals surface area contributed by atoms with Crippen LogP contribution in [0.4, 0.5) is 0 Å². The predicted molar refractivity (Wildman–Crippen MR) is 163 cm³/mol. The highest BCUT2D eigenvalue weighted by Crippen LogP contribution is 2.28. The third-order valence-electron chi connectivity index (χ3n) is 7.17. The second-order valence-electron chi connectivity index (χ2n) is 10.0. The molecule has 4 aromatic rings. The summed E-state index contributed by atoms with van der Waals surface area (Å²) in [4.78, 5) is 33.6. The average Bonchev–Trinajstić information content (AvgIpc) is 3.60. The number of carboxylic acids is 1. The van der Waals surface area contributed by atoms with Gasteiger partial charge in [-0.05, 0) is 55.5 Å². The molecule has 5 rings (SSSR count). The summed E-state index contributed by atoms with van der Waals surface area (Å²) in [5.74, 6) is 0.814. The van der Waals surface area contributed by atoms with Gasteiger partial charge >= 0.3 is 5.97 Å². The van der Waals surface area contributed by atoms with Gasteiger partial charge in [0.05, 0.1) is 34.7 Å². The number of furan rings is 1. The quantitative estimate of drug-likeness (QED) is 0.218. The van der Waals surface area contributed by atoms with E-state index in [0.717, 1.165) is 17.0 Å². The van der Waals surface area contributed by atoms with Crippen LogP contribution >= 0.6 is 23.2 Å². The number of nitrogens with two attached hydrogens (primary N) is 1. The van der Waals surface area contributed by atoms with Gasteiger partial charge in [0.2, 0.25) is 0 Å². The van der Waals surface area contributed by atoms with Crippen molar-refractivity contribution in [2.24, 2.45) is 5.73 Å². The molecule has 1 aliphatic rings. The van der Waals surface area contributed by atoms with Crippen molar-refractivity contribution in [2.45, 2.75) is 26.6 Å². The van der Waals surface area contributed by atoms with Crippen molar-refractivity contribution in [3.05, 3.63) is 93.4 Å². The summed E-state index contributed by atoms with van der Waals surface area (Å²) in [5.41, 5.74) is 8.27. The van der Waals surface area contributed by atoms with Crippen LogP contribution in [0.15, 0.2) is 64.8 Å². The van der Waals surface area contributed by atoms with Gasteiger partial charge in [-0.2, -0.15) is 0 Å². The van der Waals surface area contributed by atoms with Gasteiger partial charge in [0, 0.05) is 49.6 Å². The van der Waals surface area contributed by atoms with E-state index in [9.17, 15) is 14.7 Å². The minimum absolute atomic E-state index is 0.117. The smallest absolute Gasteiger partial charge is 0.335 e. The molecule has 1 saturated heterocycles. The first-order chi connectivity index (χ1) is 20.7. The molecule has 0 spiro atoms. The number of halogens is 2. The van der Waals surface area contributed by atoms with Gasteiger partial charge in [-0.25, -0.2) is 9.78 Å². The number of carbonyl (C=O) groups excluding carboxylic acids is 1. The second kappa shape index (κ2) is 13.4. The third kappa shape index (κ3) is 7.07. The number of rotatable bonds is 11. The zero-order valence-electron chi connectivity index (χ0n) is 23.6. The Labute approximate surface area is 258 Å². The van der Waals surface area contributed by atoms with E-state index >= 15 is 0 Å². The van der Waals surface area contributed by atoms with Crippen molar-refractivity contribution in [1.29, 1.82) is 0 Å². The number of ether oxygens (including phenoxy) is 1. The second-order valence-corrected chi connectivity index (χ2v) is 10.9. The van der Waals surface area contributed by atoms with Crippen molar-refractivity contribution in [3.63, 3.8) is 0 Å². The maximum Gasteiger partial charge on any atom is 0.335 e. The Kier molecular flexibility index (Phi) is 9.44. The van der Waals surface area contributed by atoms with Crippen LogP contribution < -0.4 is 15.8 Å². The van der Waals surface area contributed by atoms with Crippen LogP contribution in [0.25, 0.3) is 11.0 Å². The lowest BCUT2D eigenvalue weighted by Gasteiger charge is -2.34. The molecule has 0 radical (unpaired) electrons. The van der Waals surface area contributed by atoms with Crippen LogP contribution in [-0.4, -0.2) is 69.1 Å². The summed E-state index contributed by atoms with van der Waals surface area (Å²) in [6, 6.07) is 13.2. The van der Waals surface area contributed by atoms with Crippen LogP contribution in [0.1, 0.15) is 39.4 Å². The molecule has 0 bridgehead atoms. The van der Waals surface area contributed by atoms with Crippen molar-refractivity contribution in [3.8, 4) is 5.75 Å². The Morgan fingerprint density at radius 3 is 2.60 bits per heavy atom. The Morgan fingerprint density at radius 2 is 1.91 bits per heavy atom. The molecule has 2 aromatic heterocycles. The molecular weight excluding hydrogens is 595 g/mol. The molecule has 4 N–H and O–H groups in total. The van der Waals surface area contributed by atoms with Crippen LogP contribution in [0, 0.1) is 0 Å². The fraction of sp³-hybridized carbons (Fsp3) is 0.300. The number of carboxylic acid groups (broad SMARTS) is 1. The topological polar surface area (TPSA) is 139 Å². The minimum Gasteiger partial charge on any atom is -0.484 e. The molecule has 0 unspecified atom stereocenters. The number of hydrogen-bond donors (Lipinski definition) is 3. The van der Waals surface area contributed by atoms with Crippen molar-refractivity contribution in [1.82, 2.24) is 24.7 Å². The highest BCUT2D eigenvalue weighted by atomic mass is 35.5. The molecule has 43 heavy (non-hydrogen) atoms. The molecule has 3 heterocycles. The molecule has 0 saturated carbocycles. The van der Waals surface area contributed by atoms with Gasteiger partial charge in [0.15, 0.2) is 5.76 Å². The molecule has 0 atom stereocenters. The minimum atomic E-state index is -1.000. The van der Waals surface area contributed by atoms with Gasteiger partial charge in [-0.3, -0.25) is 9.69 Å². The molecule has 13 heteroatoms. The van der Waals surface area contributed by atoms with Crippen LogP contribution in [0.3, 0.4) is 0 Å². The molecule has 2 aromatic carbocycles. The number of allylic oxidation sites excluding steroid dienone is 1. The van der Waals surface area contributed by atoms with E-state index in [0.29, 0.717) is 72.9 Å². The summed E-state index contributed by atoms with van der Waals surface area (Å²) in [6.07, 6.45) is 1.52. The van der Waals surface area contributed by atoms with Crippen LogP contribution in [0.2, 0.25) is 10.0 Å². The number of piperazine rings is 1. The molecule has 0 aliphatic carbocycles. The maximum atomic E-state index is 13.2. The lowest BCUT2D eigenvalue weighted by atomic mass is 10.2. The molecular formula is C30H32Cl2N6O5. The Balaban J connectivity index is 1.23. The van der Waals surface area contributed by atoms with Gasteiger partial charge in [0.1, 0.15) is 23.9 Å². The van der Waals surface area contributed by atoms with Crippen LogP contribution in [0.5, 0.6) is 5.75 Å². The fourth-order valence-electron chi connectivity index (χ4n) is 4.94. The van der Waals surface area contributed by atoms with Gasteiger partial charge < -0.3 is 34.8 Å². The Bertz CT molecular complexity index is 1660. The molecule has 1 amide bonds. The first-order valence-corrected chi connectivity index (χ1v) is 14.6. The number of nitrogens with zero attached hydrogens (tertiary/aromatic N) is 4. The number of nitrogens with one attached hydrogen (secondary N) is 1. The zero-order chi connectivity index (χ0) is 30.5. The zero-order valence-corrected chi connectivity index (χ0v) is 25.1. The molecule has 11 nitrogen and oxygen atoms in total. The highest BCUT2D eigenvalue weighted by Gasteiger charge is 2.26. The number of amides is 1. The fourth-order valence-corrected chi connectivity index (χ4v) is 5.41. The van der Waals surface area contributed by atoms with Crippen molar-refractivity contribution in [2.75, 3.05) is 32.7 Å². The summed E-state index contributed by atoms with van der Waals surface area (Å²) in [5, 5.41) is 13.7. The van der Waals surface area contributed by atoms with E-state index in [1.165, 1.54) is 6.20 Å². The van der Waals surface area contributed by atoms with Gasteiger partial charge in [-0.1, -0.05) is 23.2 Å². The number of imidazole rings is 1. The Morgan fingerprint density at radius 1 is 1.12 bits per heavy atom. The normalized spacial score (nSPS) is 14.3. The number of carbonyl (C=O) groups is 2. The maximum absolute atomic E-state index is 13.2.